The van der Waals surface area contributed by atoms with Gasteiger partial charge in [0.1, 0.15) is 11.6 Å². The second kappa shape index (κ2) is 6.96. The van der Waals surface area contributed by atoms with Crippen molar-refractivity contribution in [1.29, 1.82) is 0 Å². The SMILES string of the molecule is Cc1ccc(-c2sc(N(C)Cc3c(F)cccc3F)c(C)c2C)cc1. The predicted octanol–water partition coefficient (Wildman–Crippen LogP) is 6.25. The molecule has 0 fully saturated rings. The Morgan fingerprint density at radius 1 is 0.880 bits per heavy atom. The van der Waals surface area contributed by atoms with Crippen LogP contribution >= 0.6 is 11.3 Å². The molecule has 25 heavy (non-hydrogen) atoms. The molecular weight excluding hydrogens is 336 g/mol. The molecule has 3 rings (SSSR count). The largest absolute Gasteiger partial charge is 0.362 e. The smallest absolute Gasteiger partial charge is 0.131 e. The zero-order chi connectivity index (χ0) is 18.1. The summed E-state index contributed by atoms with van der Waals surface area (Å²) >= 11 is 1.67. The van der Waals surface area contributed by atoms with E-state index in [1.54, 1.807) is 11.3 Å². The summed E-state index contributed by atoms with van der Waals surface area (Å²) in [5.74, 6) is -1.01. The van der Waals surface area contributed by atoms with E-state index in [9.17, 15) is 8.78 Å². The van der Waals surface area contributed by atoms with Gasteiger partial charge in [0, 0.05) is 24.0 Å². The van der Waals surface area contributed by atoms with Crippen LogP contribution in [-0.4, -0.2) is 7.05 Å². The fraction of sp³-hybridized carbons (Fsp3) is 0.238. The summed E-state index contributed by atoms with van der Waals surface area (Å²) in [6, 6.07) is 12.4. The molecule has 0 aliphatic rings. The summed E-state index contributed by atoms with van der Waals surface area (Å²) < 4.78 is 27.9. The summed E-state index contributed by atoms with van der Waals surface area (Å²) in [6.07, 6.45) is 0. The Morgan fingerprint density at radius 3 is 2.08 bits per heavy atom. The molecule has 2 aromatic carbocycles. The van der Waals surface area contributed by atoms with E-state index in [2.05, 4.69) is 45.0 Å². The minimum atomic E-state index is -0.503. The fourth-order valence-electron chi connectivity index (χ4n) is 2.92. The highest BCUT2D eigenvalue weighted by molar-refractivity contribution is 7.19. The van der Waals surface area contributed by atoms with Gasteiger partial charge in [-0.1, -0.05) is 35.9 Å². The van der Waals surface area contributed by atoms with Gasteiger partial charge < -0.3 is 4.90 Å². The van der Waals surface area contributed by atoms with Crippen LogP contribution in [0, 0.1) is 32.4 Å². The first-order chi connectivity index (χ1) is 11.9. The molecule has 0 aliphatic heterocycles. The van der Waals surface area contributed by atoms with Crippen molar-refractivity contribution in [2.24, 2.45) is 0 Å². The van der Waals surface area contributed by atoms with Crippen LogP contribution in [0.3, 0.4) is 0 Å². The van der Waals surface area contributed by atoms with E-state index in [0.717, 1.165) is 10.6 Å². The van der Waals surface area contributed by atoms with Gasteiger partial charge in [0.15, 0.2) is 0 Å². The lowest BCUT2D eigenvalue weighted by Crippen LogP contribution is -2.18. The quantitative estimate of drug-likeness (QED) is 0.533. The van der Waals surface area contributed by atoms with E-state index in [1.165, 1.54) is 39.8 Å². The van der Waals surface area contributed by atoms with E-state index >= 15 is 0 Å². The number of hydrogen-bond donors (Lipinski definition) is 0. The molecule has 130 valence electrons. The van der Waals surface area contributed by atoms with Crippen molar-refractivity contribution in [3.63, 3.8) is 0 Å². The number of anilines is 1. The van der Waals surface area contributed by atoms with E-state index in [-0.39, 0.29) is 12.1 Å². The highest BCUT2D eigenvalue weighted by Gasteiger charge is 2.18. The highest BCUT2D eigenvalue weighted by Crippen LogP contribution is 2.41. The van der Waals surface area contributed by atoms with Gasteiger partial charge in [-0.05, 0) is 49.6 Å². The average molecular weight is 357 g/mol. The number of benzene rings is 2. The summed E-state index contributed by atoms with van der Waals surface area (Å²) in [5.41, 5.74) is 4.87. The Bertz CT molecular complexity index is 877. The van der Waals surface area contributed by atoms with Gasteiger partial charge in [-0.3, -0.25) is 0 Å². The second-order valence-corrected chi connectivity index (χ2v) is 7.41. The van der Waals surface area contributed by atoms with Crippen LogP contribution in [-0.2, 0) is 6.54 Å². The molecule has 0 radical (unpaired) electrons. The Hall–Kier alpha value is -2.20. The molecule has 0 spiro atoms. The number of aryl methyl sites for hydroxylation is 1. The van der Waals surface area contributed by atoms with Gasteiger partial charge >= 0.3 is 0 Å². The van der Waals surface area contributed by atoms with Crippen molar-refractivity contribution in [3.8, 4) is 10.4 Å². The fourth-order valence-corrected chi connectivity index (χ4v) is 4.20. The Labute approximate surface area is 151 Å². The van der Waals surface area contributed by atoms with Crippen LogP contribution < -0.4 is 4.90 Å². The summed E-state index contributed by atoms with van der Waals surface area (Å²) in [5, 5.41) is 1.04. The lowest BCUT2D eigenvalue weighted by Gasteiger charge is -2.19. The first kappa shape index (κ1) is 17.6. The van der Waals surface area contributed by atoms with E-state index in [0.29, 0.717) is 0 Å². The zero-order valence-electron chi connectivity index (χ0n) is 14.9. The van der Waals surface area contributed by atoms with Crippen molar-refractivity contribution >= 4 is 16.3 Å². The van der Waals surface area contributed by atoms with Crippen molar-refractivity contribution in [3.05, 3.63) is 76.4 Å². The summed E-state index contributed by atoms with van der Waals surface area (Å²) in [6.45, 7) is 6.43. The van der Waals surface area contributed by atoms with Crippen LogP contribution in [0.2, 0.25) is 0 Å². The van der Waals surface area contributed by atoms with Gasteiger partial charge in [0.05, 0.1) is 5.00 Å². The van der Waals surface area contributed by atoms with Crippen LogP contribution in [0.15, 0.2) is 42.5 Å². The van der Waals surface area contributed by atoms with Gasteiger partial charge in [-0.25, -0.2) is 8.78 Å². The molecule has 1 aromatic heterocycles. The van der Waals surface area contributed by atoms with Crippen molar-refractivity contribution in [1.82, 2.24) is 0 Å². The predicted molar refractivity (Wildman–Crippen MR) is 102 cm³/mol. The summed E-state index contributed by atoms with van der Waals surface area (Å²) in [4.78, 5) is 3.12. The van der Waals surface area contributed by atoms with Gasteiger partial charge in [0.25, 0.3) is 0 Å². The molecule has 0 N–H and O–H groups in total. The van der Waals surface area contributed by atoms with Crippen LogP contribution in [0.4, 0.5) is 13.8 Å². The molecule has 0 bridgehead atoms. The second-order valence-electron chi connectivity index (χ2n) is 6.41. The Morgan fingerprint density at radius 2 is 1.48 bits per heavy atom. The molecule has 1 nitrogen and oxygen atoms in total. The third kappa shape index (κ3) is 3.45. The zero-order valence-corrected chi connectivity index (χ0v) is 15.7. The molecule has 0 aliphatic carbocycles. The van der Waals surface area contributed by atoms with Crippen LogP contribution in [0.5, 0.6) is 0 Å². The van der Waals surface area contributed by atoms with Gasteiger partial charge in [-0.15, -0.1) is 11.3 Å². The standard InChI is InChI=1S/C21H21F2NS/c1-13-8-10-16(11-9-13)20-14(2)15(3)21(25-20)24(4)12-17-18(22)6-5-7-19(17)23/h5-11H,12H2,1-4H3. The average Bonchev–Trinajstić information content (AvgIpc) is 2.88. The number of halogens is 2. The Kier molecular flexibility index (Phi) is 4.91. The molecule has 0 unspecified atom stereocenters. The molecule has 4 heteroatoms. The normalized spacial score (nSPS) is 11.0. The number of hydrogen-bond acceptors (Lipinski definition) is 2. The molecule has 0 saturated carbocycles. The third-order valence-electron chi connectivity index (χ3n) is 4.54. The number of rotatable bonds is 4. The molecule has 0 saturated heterocycles. The maximum absolute atomic E-state index is 14.0. The van der Waals surface area contributed by atoms with E-state index in [4.69, 9.17) is 0 Å². The first-order valence-corrected chi connectivity index (χ1v) is 9.01. The van der Waals surface area contributed by atoms with Crippen molar-refractivity contribution in [2.75, 3.05) is 11.9 Å². The lowest BCUT2D eigenvalue weighted by atomic mass is 10.1. The molecule has 3 aromatic rings. The van der Waals surface area contributed by atoms with Crippen molar-refractivity contribution < 1.29 is 8.78 Å². The molecule has 0 atom stereocenters. The van der Waals surface area contributed by atoms with Gasteiger partial charge in [-0.2, -0.15) is 0 Å². The molecule has 0 amide bonds. The van der Waals surface area contributed by atoms with Crippen LogP contribution in [0.1, 0.15) is 22.3 Å². The lowest BCUT2D eigenvalue weighted by molar-refractivity contribution is 0.554. The van der Waals surface area contributed by atoms with E-state index < -0.39 is 11.6 Å². The minimum absolute atomic E-state index is 0.104. The monoisotopic (exact) mass is 357 g/mol. The van der Waals surface area contributed by atoms with E-state index in [1.807, 2.05) is 11.9 Å². The van der Waals surface area contributed by atoms with Crippen molar-refractivity contribution in [2.45, 2.75) is 27.3 Å². The van der Waals surface area contributed by atoms with Crippen LogP contribution in [0.25, 0.3) is 10.4 Å². The maximum atomic E-state index is 14.0. The Balaban J connectivity index is 1.95. The van der Waals surface area contributed by atoms with Gasteiger partial charge in [0.2, 0.25) is 0 Å². The number of thiophene rings is 1. The third-order valence-corrected chi connectivity index (χ3v) is 6.10. The minimum Gasteiger partial charge on any atom is -0.362 e. The number of nitrogens with zero attached hydrogens (tertiary/aromatic N) is 1. The molecular formula is C21H21F2NS. The molecule has 1 heterocycles. The maximum Gasteiger partial charge on any atom is 0.131 e. The first-order valence-electron chi connectivity index (χ1n) is 8.19. The summed E-state index contributed by atoms with van der Waals surface area (Å²) in [7, 11) is 1.88. The topological polar surface area (TPSA) is 3.24 Å². The highest BCUT2D eigenvalue weighted by atomic mass is 32.1.